The number of nitrogens with one attached hydrogen (secondary N) is 1. The highest BCUT2D eigenvalue weighted by Gasteiger charge is 2.17. The minimum absolute atomic E-state index is 0.0526. The maximum atomic E-state index is 11.0. The van der Waals surface area contributed by atoms with Crippen molar-refractivity contribution in [3.8, 4) is 0 Å². The van der Waals surface area contributed by atoms with Gasteiger partial charge in [-0.15, -0.1) is 0 Å². The van der Waals surface area contributed by atoms with Crippen molar-refractivity contribution < 1.29 is 12.8 Å². The lowest BCUT2D eigenvalue weighted by atomic mass is 10.2. The average Bonchev–Trinajstić information content (AvgIpc) is 2.50. The van der Waals surface area contributed by atoms with Crippen LogP contribution < -0.4 is 5.32 Å². The lowest BCUT2D eigenvalue weighted by Crippen LogP contribution is -2.24. The maximum absolute atomic E-state index is 11.0. The SMILES string of the molecule is CNC(CS(C)(=O)=O)c1ccco1. The maximum Gasteiger partial charge on any atom is 0.149 e. The summed E-state index contributed by atoms with van der Waals surface area (Å²) in [7, 11) is -1.28. The molecule has 0 aliphatic carbocycles. The highest BCUT2D eigenvalue weighted by Crippen LogP contribution is 2.14. The van der Waals surface area contributed by atoms with E-state index in [1.165, 1.54) is 12.5 Å². The van der Waals surface area contributed by atoms with Gasteiger partial charge in [-0.3, -0.25) is 0 Å². The molecule has 1 N–H and O–H groups in total. The first kappa shape index (κ1) is 10.3. The van der Waals surface area contributed by atoms with E-state index in [0.29, 0.717) is 5.76 Å². The molecular weight excluding hydrogens is 190 g/mol. The van der Waals surface area contributed by atoms with E-state index in [4.69, 9.17) is 4.42 Å². The third kappa shape index (κ3) is 3.20. The second-order valence-corrected chi connectivity index (χ2v) is 5.13. The molecule has 0 fully saturated rings. The van der Waals surface area contributed by atoms with Crippen molar-refractivity contribution in [2.75, 3.05) is 19.1 Å². The van der Waals surface area contributed by atoms with Gasteiger partial charge >= 0.3 is 0 Å². The standard InChI is InChI=1S/C8H13NO3S/c1-9-7(6-13(2,10)11)8-4-3-5-12-8/h3-5,7,9H,6H2,1-2H3. The van der Waals surface area contributed by atoms with Crippen molar-refractivity contribution in [2.24, 2.45) is 0 Å². The summed E-state index contributed by atoms with van der Waals surface area (Å²) in [5, 5.41) is 2.89. The second-order valence-electron chi connectivity index (χ2n) is 2.95. The summed E-state index contributed by atoms with van der Waals surface area (Å²) < 4.78 is 27.1. The first-order valence-electron chi connectivity index (χ1n) is 3.91. The largest absolute Gasteiger partial charge is 0.468 e. The van der Waals surface area contributed by atoms with Crippen molar-refractivity contribution in [3.05, 3.63) is 24.2 Å². The zero-order chi connectivity index (χ0) is 9.90. The van der Waals surface area contributed by atoms with Crippen LogP contribution in [0.2, 0.25) is 0 Å². The fourth-order valence-corrected chi connectivity index (χ4v) is 2.04. The van der Waals surface area contributed by atoms with Crippen LogP contribution in [-0.4, -0.2) is 27.5 Å². The van der Waals surface area contributed by atoms with Gasteiger partial charge in [0.25, 0.3) is 0 Å². The Morgan fingerprint density at radius 2 is 2.31 bits per heavy atom. The van der Waals surface area contributed by atoms with Gasteiger partial charge in [0.1, 0.15) is 15.6 Å². The average molecular weight is 203 g/mol. The van der Waals surface area contributed by atoms with Crippen LogP contribution in [0.15, 0.2) is 22.8 Å². The normalized spacial score (nSPS) is 14.3. The van der Waals surface area contributed by atoms with Gasteiger partial charge in [0, 0.05) is 6.26 Å². The molecule has 0 spiro atoms. The van der Waals surface area contributed by atoms with Gasteiger partial charge in [-0.05, 0) is 19.2 Å². The number of hydrogen-bond acceptors (Lipinski definition) is 4. The minimum Gasteiger partial charge on any atom is -0.468 e. The summed E-state index contributed by atoms with van der Waals surface area (Å²) in [5.41, 5.74) is 0. The highest BCUT2D eigenvalue weighted by atomic mass is 32.2. The van der Waals surface area contributed by atoms with E-state index in [9.17, 15) is 8.42 Å². The van der Waals surface area contributed by atoms with Gasteiger partial charge in [0.15, 0.2) is 0 Å². The molecule has 0 radical (unpaired) electrons. The van der Waals surface area contributed by atoms with Crippen molar-refractivity contribution in [1.82, 2.24) is 5.32 Å². The van der Waals surface area contributed by atoms with E-state index in [2.05, 4.69) is 5.32 Å². The highest BCUT2D eigenvalue weighted by molar-refractivity contribution is 7.90. The van der Waals surface area contributed by atoms with E-state index in [0.717, 1.165) is 0 Å². The number of furan rings is 1. The lowest BCUT2D eigenvalue weighted by molar-refractivity contribution is 0.448. The smallest absolute Gasteiger partial charge is 0.149 e. The summed E-state index contributed by atoms with van der Waals surface area (Å²) in [6.07, 6.45) is 2.74. The van der Waals surface area contributed by atoms with Crippen LogP contribution in [0.3, 0.4) is 0 Å². The predicted molar refractivity (Wildman–Crippen MR) is 50.2 cm³/mol. The van der Waals surface area contributed by atoms with Gasteiger partial charge in [-0.25, -0.2) is 8.42 Å². The van der Waals surface area contributed by atoms with Crippen LogP contribution in [0.4, 0.5) is 0 Å². The van der Waals surface area contributed by atoms with Gasteiger partial charge in [0.2, 0.25) is 0 Å². The molecule has 13 heavy (non-hydrogen) atoms. The lowest BCUT2D eigenvalue weighted by Gasteiger charge is -2.11. The molecule has 4 nitrogen and oxygen atoms in total. The molecule has 5 heteroatoms. The Bertz CT molecular complexity index is 341. The molecule has 0 aliphatic rings. The molecule has 1 heterocycles. The quantitative estimate of drug-likeness (QED) is 0.777. The topological polar surface area (TPSA) is 59.3 Å². The Kier molecular flexibility index (Phi) is 3.11. The Morgan fingerprint density at radius 3 is 2.69 bits per heavy atom. The van der Waals surface area contributed by atoms with E-state index in [-0.39, 0.29) is 11.8 Å². The van der Waals surface area contributed by atoms with E-state index in [1.807, 2.05) is 0 Å². The molecule has 0 saturated heterocycles. The Balaban J connectivity index is 2.76. The monoisotopic (exact) mass is 203 g/mol. The van der Waals surface area contributed by atoms with Crippen LogP contribution in [0, 0.1) is 0 Å². The molecule has 1 unspecified atom stereocenters. The minimum atomic E-state index is -2.98. The van der Waals surface area contributed by atoms with Crippen LogP contribution >= 0.6 is 0 Å². The van der Waals surface area contributed by atoms with Gasteiger partial charge < -0.3 is 9.73 Å². The van der Waals surface area contributed by atoms with Crippen molar-refractivity contribution in [3.63, 3.8) is 0 Å². The summed E-state index contributed by atoms with van der Waals surface area (Å²) in [6.45, 7) is 0. The van der Waals surface area contributed by atoms with Gasteiger partial charge in [0.05, 0.1) is 18.1 Å². The molecule has 0 aliphatic heterocycles. The Hall–Kier alpha value is -0.810. The van der Waals surface area contributed by atoms with E-state index < -0.39 is 9.84 Å². The number of sulfone groups is 1. The number of rotatable bonds is 4. The molecule has 1 aromatic heterocycles. The Labute approximate surface area is 77.9 Å². The molecule has 1 atom stereocenters. The zero-order valence-electron chi connectivity index (χ0n) is 7.65. The van der Waals surface area contributed by atoms with Crippen molar-refractivity contribution in [1.29, 1.82) is 0 Å². The molecule has 74 valence electrons. The van der Waals surface area contributed by atoms with Crippen molar-refractivity contribution in [2.45, 2.75) is 6.04 Å². The summed E-state index contributed by atoms with van der Waals surface area (Å²) >= 11 is 0. The van der Waals surface area contributed by atoms with Crippen LogP contribution in [-0.2, 0) is 9.84 Å². The van der Waals surface area contributed by atoms with Gasteiger partial charge in [-0.2, -0.15) is 0 Å². The molecule has 0 saturated carbocycles. The predicted octanol–water partition coefficient (Wildman–Crippen LogP) is 0.585. The zero-order valence-corrected chi connectivity index (χ0v) is 8.47. The second kappa shape index (κ2) is 3.93. The fourth-order valence-electron chi connectivity index (χ4n) is 1.10. The molecule has 0 aromatic carbocycles. The third-order valence-electron chi connectivity index (χ3n) is 1.70. The fraction of sp³-hybridized carbons (Fsp3) is 0.500. The summed E-state index contributed by atoms with van der Waals surface area (Å²) in [4.78, 5) is 0. The summed E-state index contributed by atoms with van der Waals surface area (Å²) in [5.74, 6) is 0.699. The summed E-state index contributed by atoms with van der Waals surface area (Å²) in [6, 6.07) is 3.24. The first-order valence-corrected chi connectivity index (χ1v) is 5.97. The first-order chi connectivity index (χ1) is 6.03. The van der Waals surface area contributed by atoms with Crippen LogP contribution in [0.1, 0.15) is 11.8 Å². The molecular formula is C8H13NO3S. The van der Waals surface area contributed by atoms with E-state index in [1.54, 1.807) is 19.2 Å². The van der Waals surface area contributed by atoms with Crippen LogP contribution in [0.25, 0.3) is 0 Å². The van der Waals surface area contributed by atoms with Crippen LogP contribution in [0.5, 0.6) is 0 Å². The molecule has 1 rings (SSSR count). The van der Waals surface area contributed by atoms with Crippen molar-refractivity contribution >= 4 is 9.84 Å². The molecule has 0 bridgehead atoms. The molecule has 1 aromatic rings. The number of hydrogen-bond donors (Lipinski definition) is 1. The Morgan fingerprint density at radius 1 is 1.62 bits per heavy atom. The van der Waals surface area contributed by atoms with E-state index >= 15 is 0 Å². The third-order valence-corrected chi connectivity index (χ3v) is 2.64. The van der Waals surface area contributed by atoms with Gasteiger partial charge in [-0.1, -0.05) is 0 Å². The molecule has 0 amide bonds.